The van der Waals surface area contributed by atoms with E-state index >= 15 is 0 Å². The molecule has 1 aliphatic carbocycles. The molecule has 1 fully saturated rings. The second-order valence-electron chi connectivity index (χ2n) is 5.22. The van der Waals surface area contributed by atoms with Crippen LogP contribution in [0.25, 0.3) is 0 Å². The van der Waals surface area contributed by atoms with Crippen molar-refractivity contribution < 1.29 is 10.0 Å². The molecule has 1 aromatic carbocycles. The third-order valence-corrected chi connectivity index (χ3v) is 4.03. The Morgan fingerprint density at radius 3 is 2.72 bits per heavy atom. The number of rotatable bonds is 1. The summed E-state index contributed by atoms with van der Waals surface area (Å²) in [4.78, 5) is 11.7. The van der Waals surface area contributed by atoms with Crippen molar-refractivity contribution in [2.24, 2.45) is 5.92 Å². The molecule has 0 saturated heterocycles. The predicted molar refractivity (Wildman–Crippen MR) is 68.3 cm³/mol. The van der Waals surface area contributed by atoms with Gasteiger partial charge >= 0.3 is 0 Å². The summed E-state index contributed by atoms with van der Waals surface area (Å²) in [6.07, 6.45) is 4.70. The Balaban J connectivity index is 2.01. The zero-order valence-electron chi connectivity index (χ0n) is 10.3. The maximum Gasteiger partial charge on any atom is 0.241 e. The van der Waals surface area contributed by atoms with E-state index in [0.29, 0.717) is 5.92 Å². The van der Waals surface area contributed by atoms with E-state index in [1.807, 2.05) is 24.3 Å². The average Bonchev–Trinajstić information content (AvgIpc) is 2.81. The van der Waals surface area contributed by atoms with E-state index in [4.69, 9.17) is 0 Å². The quantitative estimate of drug-likeness (QED) is 0.800. The minimum absolute atomic E-state index is 0.0514. The number of hydroxylamine groups is 2. The normalized spacial score (nSPS) is 25.6. The fraction of sp³-hybridized carbons (Fsp3) is 0.500. The first-order chi connectivity index (χ1) is 8.75. The molecule has 2 N–H and O–H groups in total. The molecule has 1 saturated carbocycles. The highest BCUT2D eigenvalue weighted by Crippen LogP contribution is 2.42. The van der Waals surface area contributed by atoms with Crippen LogP contribution < -0.4 is 5.32 Å². The summed E-state index contributed by atoms with van der Waals surface area (Å²) in [6, 6.07) is 7.74. The van der Waals surface area contributed by atoms with Crippen molar-refractivity contribution in [1.29, 1.82) is 0 Å². The summed E-state index contributed by atoms with van der Waals surface area (Å²) < 4.78 is 0. The van der Waals surface area contributed by atoms with E-state index in [2.05, 4.69) is 5.32 Å². The molecule has 1 atom stereocenters. The van der Waals surface area contributed by atoms with Crippen molar-refractivity contribution in [3.63, 3.8) is 0 Å². The number of nitrogens with zero attached hydrogens (tertiary/aromatic N) is 1. The van der Waals surface area contributed by atoms with Crippen LogP contribution in [0.1, 0.15) is 37.3 Å². The lowest BCUT2D eigenvalue weighted by Gasteiger charge is -2.29. The number of nitrogens with one attached hydrogen (secondary N) is 1. The highest BCUT2D eigenvalue weighted by Gasteiger charge is 2.35. The molecule has 1 heterocycles. The van der Waals surface area contributed by atoms with E-state index in [9.17, 15) is 10.0 Å². The van der Waals surface area contributed by atoms with E-state index in [0.717, 1.165) is 24.1 Å². The van der Waals surface area contributed by atoms with Crippen molar-refractivity contribution in [2.45, 2.75) is 31.7 Å². The van der Waals surface area contributed by atoms with Crippen LogP contribution in [0.15, 0.2) is 24.3 Å². The number of carbonyl (C=O) groups is 1. The zero-order chi connectivity index (χ0) is 12.5. The van der Waals surface area contributed by atoms with Crippen molar-refractivity contribution in [2.75, 3.05) is 11.9 Å². The van der Waals surface area contributed by atoms with Gasteiger partial charge in [-0.15, -0.1) is 0 Å². The SMILES string of the molecule is O=C1CN(O)C(C2CCCC2)c2ccccc2N1. The molecule has 3 rings (SSSR count). The molecule has 1 aromatic rings. The molecule has 18 heavy (non-hydrogen) atoms. The second kappa shape index (κ2) is 4.71. The minimum Gasteiger partial charge on any atom is -0.325 e. The Hall–Kier alpha value is -1.39. The van der Waals surface area contributed by atoms with Gasteiger partial charge in [-0.2, -0.15) is 5.06 Å². The number of carbonyl (C=O) groups excluding carboxylic acids is 1. The molecule has 1 amide bonds. The summed E-state index contributed by atoms with van der Waals surface area (Å²) in [5, 5.41) is 14.3. The Labute approximate surface area is 107 Å². The highest BCUT2D eigenvalue weighted by atomic mass is 16.5. The Kier molecular flexibility index (Phi) is 3.06. The molecule has 0 spiro atoms. The number of benzene rings is 1. The third kappa shape index (κ3) is 2.02. The molecule has 0 bridgehead atoms. The average molecular weight is 246 g/mol. The molecule has 1 unspecified atom stereocenters. The molecule has 96 valence electrons. The molecule has 2 aliphatic rings. The van der Waals surface area contributed by atoms with Gasteiger partial charge in [0.15, 0.2) is 0 Å². The Morgan fingerprint density at radius 1 is 1.22 bits per heavy atom. The highest BCUT2D eigenvalue weighted by molar-refractivity contribution is 5.93. The van der Waals surface area contributed by atoms with Crippen LogP contribution in [0.5, 0.6) is 0 Å². The largest absolute Gasteiger partial charge is 0.325 e. The number of hydrogen-bond acceptors (Lipinski definition) is 3. The van der Waals surface area contributed by atoms with Gasteiger partial charge in [-0.1, -0.05) is 31.0 Å². The van der Waals surface area contributed by atoms with Gasteiger partial charge in [0.1, 0.15) is 6.54 Å². The van der Waals surface area contributed by atoms with Gasteiger partial charge < -0.3 is 10.5 Å². The summed E-state index contributed by atoms with van der Waals surface area (Å²) in [7, 11) is 0. The number of para-hydroxylation sites is 1. The van der Waals surface area contributed by atoms with Crippen molar-refractivity contribution in [3.05, 3.63) is 29.8 Å². The van der Waals surface area contributed by atoms with Gasteiger partial charge in [0.2, 0.25) is 5.91 Å². The van der Waals surface area contributed by atoms with Crippen molar-refractivity contribution >= 4 is 11.6 Å². The van der Waals surface area contributed by atoms with Crippen molar-refractivity contribution in [1.82, 2.24) is 5.06 Å². The molecule has 1 aliphatic heterocycles. The molecule has 4 nitrogen and oxygen atoms in total. The number of fused-ring (bicyclic) bond motifs is 1. The summed E-state index contributed by atoms with van der Waals surface area (Å²) in [5.41, 5.74) is 1.88. The fourth-order valence-corrected chi connectivity index (χ4v) is 3.23. The summed E-state index contributed by atoms with van der Waals surface area (Å²) in [6.45, 7) is 0.0514. The molecular weight excluding hydrogens is 228 g/mol. The number of anilines is 1. The molecule has 0 radical (unpaired) electrons. The first-order valence-corrected chi connectivity index (χ1v) is 6.60. The third-order valence-electron chi connectivity index (χ3n) is 4.03. The monoisotopic (exact) mass is 246 g/mol. The smallest absolute Gasteiger partial charge is 0.241 e. The van der Waals surface area contributed by atoms with Gasteiger partial charge in [-0.25, -0.2) is 0 Å². The van der Waals surface area contributed by atoms with Crippen LogP contribution in [0.3, 0.4) is 0 Å². The van der Waals surface area contributed by atoms with Gasteiger partial charge in [0.25, 0.3) is 0 Å². The lowest BCUT2D eigenvalue weighted by Crippen LogP contribution is -2.33. The fourth-order valence-electron chi connectivity index (χ4n) is 3.23. The van der Waals surface area contributed by atoms with Crippen molar-refractivity contribution in [3.8, 4) is 0 Å². The van der Waals surface area contributed by atoms with E-state index in [1.54, 1.807) is 0 Å². The maximum absolute atomic E-state index is 11.7. The van der Waals surface area contributed by atoms with Crippen LogP contribution in [0, 0.1) is 5.92 Å². The topological polar surface area (TPSA) is 52.6 Å². The maximum atomic E-state index is 11.7. The van der Waals surface area contributed by atoms with Gasteiger partial charge in [-0.05, 0) is 30.4 Å². The minimum atomic E-state index is -0.148. The summed E-state index contributed by atoms with van der Waals surface area (Å²) >= 11 is 0. The molecule has 4 heteroatoms. The van der Waals surface area contributed by atoms with E-state index in [1.165, 1.54) is 17.9 Å². The Morgan fingerprint density at radius 2 is 1.94 bits per heavy atom. The molecule has 0 aromatic heterocycles. The zero-order valence-corrected chi connectivity index (χ0v) is 10.3. The van der Waals surface area contributed by atoms with E-state index in [-0.39, 0.29) is 18.5 Å². The second-order valence-corrected chi connectivity index (χ2v) is 5.22. The van der Waals surface area contributed by atoms with Gasteiger partial charge in [-0.3, -0.25) is 4.79 Å². The lowest BCUT2D eigenvalue weighted by molar-refractivity contribution is -0.153. The standard InChI is InChI=1S/C14H18N2O2/c17-13-9-16(18)14(10-5-1-2-6-10)11-7-3-4-8-12(11)15-13/h3-4,7-8,10,14,18H,1-2,5-6,9H2,(H,15,17). The first kappa shape index (κ1) is 11.7. The predicted octanol–water partition coefficient (Wildman–Crippen LogP) is 2.56. The van der Waals surface area contributed by atoms with E-state index < -0.39 is 0 Å². The van der Waals surface area contributed by atoms with Crippen LogP contribution in [0.2, 0.25) is 0 Å². The first-order valence-electron chi connectivity index (χ1n) is 6.60. The van der Waals surface area contributed by atoms with Gasteiger partial charge in [0.05, 0.1) is 6.04 Å². The van der Waals surface area contributed by atoms with Crippen LogP contribution >= 0.6 is 0 Å². The number of hydrogen-bond donors (Lipinski definition) is 2. The molecular formula is C14H18N2O2. The lowest BCUT2D eigenvalue weighted by atomic mass is 9.90. The van der Waals surface area contributed by atoms with Crippen LogP contribution in [-0.2, 0) is 4.79 Å². The Bertz CT molecular complexity index is 455. The van der Waals surface area contributed by atoms with Crippen LogP contribution in [0.4, 0.5) is 5.69 Å². The van der Waals surface area contributed by atoms with Gasteiger partial charge in [0, 0.05) is 5.69 Å². The number of amides is 1. The summed E-state index contributed by atoms with van der Waals surface area (Å²) in [5.74, 6) is 0.300. The van der Waals surface area contributed by atoms with Crippen LogP contribution in [-0.4, -0.2) is 22.7 Å².